The maximum absolute atomic E-state index is 12.1. The van der Waals surface area contributed by atoms with Gasteiger partial charge in [-0.05, 0) is 63.9 Å². The zero-order chi connectivity index (χ0) is 19.0. The van der Waals surface area contributed by atoms with E-state index in [2.05, 4.69) is 35.3 Å². The predicted octanol–water partition coefficient (Wildman–Crippen LogP) is 5.63. The Kier molecular flexibility index (Phi) is 4.91. The number of nitrogens with two attached hydrogens (primary N) is 1. The summed E-state index contributed by atoms with van der Waals surface area (Å²) in [4.78, 5) is 12.1. The van der Waals surface area contributed by atoms with Crippen molar-refractivity contribution in [2.24, 2.45) is 5.73 Å². The van der Waals surface area contributed by atoms with Crippen LogP contribution in [0.15, 0.2) is 60.7 Å². The van der Waals surface area contributed by atoms with Crippen molar-refractivity contribution < 1.29 is 4.79 Å². The van der Waals surface area contributed by atoms with Crippen LogP contribution in [0.4, 0.5) is 16.2 Å². The first-order chi connectivity index (χ1) is 13.1. The molecule has 1 aliphatic heterocycles. The molecule has 1 aliphatic rings. The number of halogens is 1. The van der Waals surface area contributed by atoms with Crippen LogP contribution in [0.2, 0.25) is 5.02 Å². The lowest BCUT2D eigenvalue weighted by molar-refractivity contribution is 0.266. The van der Waals surface area contributed by atoms with Gasteiger partial charge in [0.25, 0.3) is 5.24 Å². The maximum Gasteiger partial charge on any atom is 0.286 e. The SMILES string of the molecule is Cc1cccc(Cl)c1N(c1ccc2ccccc2c1)N1CCC=S1C(N)=O. The second kappa shape index (κ2) is 7.35. The molecule has 4 nitrogen and oxygen atoms in total. The third-order valence-corrected chi connectivity index (χ3v) is 6.70. The fourth-order valence-electron chi connectivity index (χ4n) is 3.40. The number of rotatable bonds is 3. The summed E-state index contributed by atoms with van der Waals surface area (Å²) >= 11 is 6.61. The lowest BCUT2D eigenvalue weighted by Gasteiger charge is -2.36. The minimum Gasteiger partial charge on any atom is -0.360 e. The van der Waals surface area contributed by atoms with Gasteiger partial charge in [-0.3, -0.25) is 9.80 Å². The van der Waals surface area contributed by atoms with E-state index in [1.165, 1.54) is 5.39 Å². The summed E-state index contributed by atoms with van der Waals surface area (Å²) in [5, 5.41) is 6.65. The number of anilines is 2. The lowest BCUT2D eigenvalue weighted by atomic mass is 10.1. The highest BCUT2D eigenvalue weighted by molar-refractivity contribution is 8.25. The van der Waals surface area contributed by atoms with E-state index in [1.54, 1.807) is 0 Å². The van der Waals surface area contributed by atoms with E-state index in [9.17, 15) is 4.79 Å². The molecule has 6 heteroatoms. The Morgan fingerprint density at radius 1 is 1.11 bits per heavy atom. The number of hydrazine groups is 1. The van der Waals surface area contributed by atoms with Crippen molar-refractivity contribution in [3.05, 3.63) is 71.2 Å². The van der Waals surface area contributed by atoms with Gasteiger partial charge in [-0.25, -0.2) is 0 Å². The molecule has 0 aliphatic carbocycles. The number of carbonyl (C=O) groups is 1. The van der Waals surface area contributed by atoms with Crippen LogP contribution < -0.4 is 10.7 Å². The monoisotopic (exact) mass is 397 g/mol. The predicted molar refractivity (Wildman–Crippen MR) is 117 cm³/mol. The number of benzene rings is 3. The summed E-state index contributed by atoms with van der Waals surface area (Å²) < 4.78 is 2.03. The molecule has 0 bridgehead atoms. The van der Waals surface area contributed by atoms with Gasteiger partial charge in [-0.15, -0.1) is 0 Å². The van der Waals surface area contributed by atoms with Crippen LogP contribution in [-0.2, 0) is 0 Å². The van der Waals surface area contributed by atoms with Gasteiger partial charge in [0.05, 0.1) is 16.4 Å². The fraction of sp³-hybridized carbons (Fsp3) is 0.143. The van der Waals surface area contributed by atoms with Crippen LogP contribution >= 0.6 is 22.3 Å². The van der Waals surface area contributed by atoms with Gasteiger partial charge in [-0.1, -0.05) is 54.1 Å². The van der Waals surface area contributed by atoms with Crippen molar-refractivity contribution in [1.82, 2.24) is 4.41 Å². The number of hydrogen-bond acceptors (Lipinski definition) is 3. The number of amides is 1. The molecule has 0 spiro atoms. The van der Waals surface area contributed by atoms with Gasteiger partial charge in [0.15, 0.2) is 0 Å². The Morgan fingerprint density at radius 2 is 1.89 bits per heavy atom. The average molecular weight is 398 g/mol. The van der Waals surface area contributed by atoms with Crippen LogP contribution in [0.25, 0.3) is 10.8 Å². The van der Waals surface area contributed by atoms with E-state index in [4.69, 9.17) is 17.3 Å². The lowest BCUT2D eigenvalue weighted by Crippen LogP contribution is -2.36. The molecule has 3 aromatic carbocycles. The molecule has 0 radical (unpaired) electrons. The molecule has 2 N–H and O–H groups in total. The quantitative estimate of drug-likeness (QED) is 0.583. The van der Waals surface area contributed by atoms with Crippen LogP contribution in [0.3, 0.4) is 0 Å². The van der Waals surface area contributed by atoms with Gasteiger partial charge >= 0.3 is 0 Å². The summed E-state index contributed by atoms with van der Waals surface area (Å²) in [5.41, 5.74) is 8.56. The molecule has 0 saturated heterocycles. The standard InChI is InChI=1S/C21H20ClN3OS/c1-15-6-4-9-19(22)20(15)25(24-12-5-13-27(24)21(23)26)18-11-10-16-7-2-3-8-17(16)14-18/h2-4,6-11,13-14H,5,12H2,1H3,(H2,23,26). The first-order valence-corrected chi connectivity index (χ1v) is 10.4. The van der Waals surface area contributed by atoms with Crippen molar-refractivity contribution >= 4 is 55.0 Å². The normalized spacial score (nSPS) is 17.0. The average Bonchev–Trinajstić information content (AvgIpc) is 3.14. The molecule has 3 aromatic rings. The summed E-state index contributed by atoms with van der Waals surface area (Å²) in [7, 11) is -0.784. The molecule has 1 atom stereocenters. The molecule has 0 saturated carbocycles. The number of para-hydroxylation sites is 1. The van der Waals surface area contributed by atoms with Gasteiger partial charge in [-0.2, -0.15) is 4.41 Å². The van der Waals surface area contributed by atoms with Crippen molar-refractivity contribution in [2.45, 2.75) is 13.3 Å². The van der Waals surface area contributed by atoms with Gasteiger partial charge in [0, 0.05) is 6.54 Å². The minimum atomic E-state index is -0.784. The smallest absolute Gasteiger partial charge is 0.286 e. The zero-order valence-corrected chi connectivity index (χ0v) is 16.5. The number of hydrogen-bond donors (Lipinski definition) is 1. The number of carbonyl (C=O) groups excluding carboxylic acids is 1. The molecule has 1 heterocycles. The Hall–Kier alpha value is -2.34. The Balaban J connectivity index is 1.92. The van der Waals surface area contributed by atoms with Crippen molar-refractivity contribution in [1.29, 1.82) is 0 Å². The van der Waals surface area contributed by atoms with Gasteiger partial charge in [0.1, 0.15) is 0 Å². The third-order valence-electron chi connectivity index (χ3n) is 4.63. The Bertz CT molecular complexity index is 1050. The fourth-order valence-corrected chi connectivity index (χ4v) is 5.23. The van der Waals surface area contributed by atoms with Crippen LogP contribution in [-0.4, -0.2) is 21.6 Å². The van der Waals surface area contributed by atoms with E-state index in [0.717, 1.165) is 28.7 Å². The van der Waals surface area contributed by atoms with Crippen molar-refractivity contribution in [3.8, 4) is 0 Å². The van der Waals surface area contributed by atoms with Crippen molar-refractivity contribution in [3.63, 3.8) is 0 Å². The second-order valence-electron chi connectivity index (χ2n) is 6.41. The number of aryl methyl sites for hydroxylation is 1. The summed E-state index contributed by atoms with van der Waals surface area (Å²) in [6, 6.07) is 20.3. The number of primary amides is 1. The van der Waals surface area contributed by atoms with Crippen molar-refractivity contribution in [2.75, 3.05) is 11.6 Å². The van der Waals surface area contributed by atoms with Gasteiger partial charge in [0.2, 0.25) is 0 Å². The van der Waals surface area contributed by atoms with E-state index >= 15 is 0 Å². The van der Waals surface area contributed by atoms with E-state index < -0.39 is 10.7 Å². The van der Waals surface area contributed by atoms with Gasteiger partial charge < -0.3 is 5.73 Å². The molecule has 27 heavy (non-hydrogen) atoms. The molecule has 0 fully saturated rings. The van der Waals surface area contributed by atoms with Crippen LogP contribution in [0.5, 0.6) is 0 Å². The first kappa shape index (κ1) is 18.0. The molecule has 1 amide bonds. The largest absolute Gasteiger partial charge is 0.360 e. The van der Waals surface area contributed by atoms with Crippen LogP contribution in [0, 0.1) is 6.92 Å². The first-order valence-electron chi connectivity index (χ1n) is 8.74. The molecule has 1 unspecified atom stereocenters. The molecular weight excluding hydrogens is 378 g/mol. The molecule has 4 rings (SSSR count). The topological polar surface area (TPSA) is 49.6 Å². The van der Waals surface area contributed by atoms with Crippen LogP contribution in [0.1, 0.15) is 12.0 Å². The Labute approximate surface area is 166 Å². The minimum absolute atomic E-state index is 0.331. The zero-order valence-electron chi connectivity index (χ0n) is 14.9. The third kappa shape index (κ3) is 3.34. The highest BCUT2D eigenvalue weighted by Crippen LogP contribution is 2.42. The van der Waals surface area contributed by atoms with E-state index in [0.29, 0.717) is 11.6 Å². The molecule has 0 aromatic heterocycles. The van der Waals surface area contributed by atoms with E-state index in [-0.39, 0.29) is 5.24 Å². The summed E-state index contributed by atoms with van der Waals surface area (Å²) in [6.45, 7) is 2.74. The highest BCUT2D eigenvalue weighted by Gasteiger charge is 2.29. The molecular formula is C21H20ClN3OS. The summed E-state index contributed by atoms with van der Waals surface area (Å²) in [5.74, 6) is 0. The maximum atomic E-state index is 12.1. The second-order valence-corrected chi connectivity index (χ2v) is 8.61. The molecule has 138 valence electrons. The Morgan fingerprint density at radius 3 is 2.63 bits per heavy atom. The number of nitrogens with zero attached hydrogens (tertiary/aromatic N) is 2. The summed E-state index contributed by atoms with van der Waals surface area (Å²) in [6.07, 6.45) is 0.805. The highest BCUT2D eigenvalue weighted by atomic mass is 35.5. The number of fused-ring (bicyclic) bond motifs is 1. The van der Waals surface area contributed by atoms with E-state index in [1.807, 2.05) is 47.0 Å².